The molecular weight excluding hydrogens is 524 g/mol. The van der Waals surface area contributed by atoms with E-state index in [9.17, 15) is 34.4 Å². The summed E-state index contributed by atoms with van der Waals surface area (Å²) in [6, 6.07) is 0. The summed E-state index contributed by atoms with van der Waals surface area (Å²) >= 11 is 0. The van der Waals surface area contributed by atoms with Gasteiger partial charge < -0.3 is 26.8 Å². The quantitative estimate of drug-likeness (QED) is 0.0509. The molecule has 0 aromatic heterocycles. The molecule has 5 amide bonds. The van der Waals surface area contributed by atoms with E-state index in [1.54, 1.807) is 0 Å². The third kappa shape index (κ3) is 25.5. The van der Waals surface area contributed by atoms with Crippen LogP contribution in [0.3, 0.4) is 0 Å². The second-order valence-electron chi connectivity index (χ2n) is 9.18. The summed E-state index contributed by atoms with van der Waals surface area (Å²) in [5.41, 5.74) is 5.40. The zero-order valence-electron chi connectivity index (χ0n) is 24.3. The van der Waals surface area contributed by atoms with Crippen molar-refractivity contribution in [1.29, 1.82) is 0 Å². The number of rotatable bonds is 23. The van der Waals surface area contributed by atoms with E-state index in [0.29, 0.717) is 49.1 Å². The van der Waals surface area contributed by atoms with E-state index in [1.807, 2.05) is 0 Å². The smallest absolute Gasteiger partial charge is 0.246 e. The molecule has 0 rings (SSSR count). The number of nitrogens with zero attached hydrogens (tertiary/aromatic N) is 2. The lowest BCUT2D eigenvalue weighted by Crippen LogP contribution is -2.31. The number of hydroxylamine groups is 4. The Hall–Kier alpha value is -2.81. The summed E-state index contributed by atoms with van der Waals surface area (Å²) in [6.07, 6.45) is 6.93. The number of nitrogens with one attached hydrogen (secondary N) is 3. The first kappa shape index (κ1) is 39.3. The molecule has 0 bridgehead atoms. The zero-order chi connectivity index (χ0) is 30.6. The van der Waals surface area contributed by atoms with Gasteiger partial charge in [0.25, 0.3) is 0 Å². The van der Waals surface area contributed by atoms with Crippen molar-refractivity contribution in [2.24, 2.45) is 5.73 Å². The molecule has 0 saturated carbocycles. The number of hydrogen-bond acceptors (Lipinski definition) is 9. The van der Waals surface area contributed by atoms with E-state index in [2.05, 4.69) is 16.0 Å². The van der Waals surface area contributed by atoms with E-state index in [1.165, 1.54) is 6.92 Å². The van der Waals surface area contributed by atoms with E-state index in [-0.39, 0.29) is 56.5 Å². The fourth-order valence-corrected chi connectivity index (χ4v) is 3.38. The molecule has 14 heteroatoms. The monoisotopic (exact) mass is 576 g/mol. The Morgan fingerprint density at radius 1 is 0.575 bits per heavy atom. The molecule has 14 nitrogen and oxygen atoms in total. The molecule has 0 aromatic rings. The molecule has 0 aliphatic rings. The molecule has 0 heterocycles. The first-order valence-corrected chi connectivity index (χ1v) is 14.1. The molecule has 0 spiro atoms. The summed E-state index contributed by atoms with van der Waals surface area (Å²) in [5, 5.41) is 35.5. The third-order valence-electron chi connectivity index (χ3n) is 5.74. The van der Waals surface area contributed by atoms with Crippen LogP contribution in [0.1, 0.15) is 90.4 Å². The normalized spacial score (nSPS) is 10.2. The Labute approximate surface area is 237 Å². The molecule has 0 fully saturated rings. The maximum Gasteiger partial charge on any atom is 0.246 e. The van der Waals surface area contributed by atoms with E-state index >= 15 is 0 Å². The van der Waals surface area contributed by atoms with Crippen LogP contribution in [0.25, 0.3) is 0 Å². The van der Waals surface area contributed by atoms with Crippen molar-refractivity contribution in [1.82, 2.24) is 26.1 Å². The fourth-order valence-electron chi connectivity index (χ4n) is 3.38. The van der Waals surface area contributed by atoms with Crippen LogP contribution in [-0.2, 0) is 24.0 Å². The second-order valence-corrected chi connectivity index (χ2v) is 9.18. The van der Waals surface area contributed by atoms with Crippen molar-refractivity contribution in [2.75, 3.05) is 46.4 Å². The summed E-state index contributed by atoms with van der Waals surface area (Å²) in [4.78, 5) is 58.2. The highest BCUT2D eigenvalue weighted by molar-refractivity contribution is 5.84. The topological polar surface area (TPSA) is 215 Å². The summed E-state index contributed by atoms with van der Waals surface area (Å²) in [7, 11) is 1.00. The largest absolute Gasteiger partial charge is 0.400 e. The molecule has 0 radical (unpaired) electrons. The molecule has 40 heavy (non-hydrogen) atoms. The van der Waals surface area contributed by atoms with Gasteiger partial charge in [0.05, 0.1) is 0 Å². The molecule has 0 aromatic carbocycles. The number of hydrogen-bond donors (Lipinski definition) is 7. The first-order chi connectivity index (χ1) is 19.2. The molecule has 0 atom stereocenters. The van der Waals surface area contributed by atoms with Crippen LogP contribution in [-0.4, -0.2) is 102 Å². The summed E-state index contributed by atoms with van der Waals surface area (Å²) in [6.45, 7) is 3.81. The van der Waals surface area contributed by atoms with Gasteiger partial charge in [0, 0.05) is 72.4 Å². The Morgan fingerprint density at radius 3 is 1.38 bits per heavy atom. The van der Waals surface area contributed by atoms with Crippen LogP contribution in [0.2, 0.25) is 0 Å². The zero-order valence-corrected chi connectivity index (χ0v) is 24.3. The van der Waals surface area contributed by atoms with E-state index in [4.69, 9.17) is 10.8 Å². The minimum Gasteiger partial charge on any atom is -0.400 e. The molecule has 8 N–H and O–H groups in total. The van der Waals surface area contributed by atoms with Gasteiger partial charge in [-0.2, -0.15) is 0 Å². The number of amides is 5. The van der Waals surface area contributed by atoms with Gasteiger partial charge in [0.2, 0.25) is 29.5 Å². The van der Waals surface area contributed by atoms with Gasteiger partial charge in [-0.25, -0.2) is 10.1 Å². The van der Waals surface area contributed by atoms with Crippen LogP contribution in [0.5, 0.6) is 0 Å². The highest BCUT2D eigenvalue weighted by Crippen LogP contribution is 2.01. The van der Waals surface area contributed by atoms with Gasteiger partial charge in [-0.15, -0.1) is 0 Å². The van der Waals surface area contributed by atoms with Crippen molar-refractivity contribution in [2.45, 2.75) is 90.4 Å². The van der Waals surface area contributed by atoms with Crippen molar-refractivity contribution < 1.29 is 39.5 Å². The van der Waals surface area contributed by atoms with Crippen LogP contribution in [0, 0.1) is 0 Å². The predicted molar refractivity (Wildman–Crippen MR) is 149 cm³/mol. The van der Waals surface area contributed by atoms with Gasteiger partial charge >= 0.3 is 0 Å². The number of aliphatic hydroxyl groups is 1. The van der Waals surface area contributed by atoms with Gasteiger partial charge in [-0.3, -0.25) is 34.4 Å². The van der Waals surface area contributed by atoms with Crippen LogP contribution >= 0.6 is 0 Å². The maximum atomic E-state index is 11.9. The third-order valence-corrected chi connectivity index (χ3v) is 5.74. The van der Waals surface area contributed by atoms with Gasteiger partial charge in [-0.1, -0.05) is 6.42 Å². The average Bonchev–Trinajstić information content (AvgIpc) is 2.94. The average molecular weight is 577 g/mol. The number of nitrogens with two attached hydrogens (primary N) is 1. The highest BCUT2D eigenvalue weighted by atomic mass is 16.5. The lowest BCUT2D eigenvalue weighted by molar-refractivity contribution is -0.166. The fraction of sp³-hybridized carbons (Fsp3) is 0.808. The number of carbonyl (C=O) groups excluding carboxylic acids is 5. The summed E-state index contributed by atoms with van der Waals surface area (Å²) < 4.78 is 0. The Bertz CT molecular complexity index is 711. The van der Waals surface area contributed by atoms with Crippen molar-refractivity contribution in [3.05, 3.63) is 0 Å². The maximum absolute atomic E-state index is 11.9. The van der Waals surface area contributed by atoms with Gasteiger partial charge in [0.1, 0.15) is 0 Å². The Morgan fingerprint density at radius 2 is 0.950 bits per heavy atom. The van der Waals surface area contributed by atoms with E-state index < -0.39 is 11.8 Å². The van der Waals surface area contributed by atoms with Crippen molar-refractivity contribution in [3.8, 4) is 0 Å². The molecule has 234 valence electrons. The lowest BCUT2D eigenvalue weighted by Gasteiger charge is -2.14. The van der Waals surface area contributed by atoms with Crippen molar-refractivity contribution >= 4 is 29.5 Å². The van der Waals surface area contributed by atoms with Crippen LogP contribution in [0.4, 0.5) is 0 Å². The number of carbonyl (C=O) groups is 5. The minimum atomic E-state index is -0.473. The Balaban J connectivity index is 0. The standard InChI is InChI=1S/C25H48N6O7.CH4O/c1-21(32)30(37)19-10-4-8-18-28-23(34)12-11-22(33)27-16-6-3-7-17-29-24(35)13-14-25(36)31(38)20-9-2-5-15-26;1-2/h37-38H,2-20,26H2,1H3,(H,27,33)(H,28,34)(H,29,35);2H,1H3. The summed E-state index contributed by atoms with van der Waals surface area (Å²) in [5.74, 6) is -1.50. The molecule has 0 unspecified atom stereocenters. The molecule has 0 aliphatic carbocycles. The van der Waals surface area contributed by atoms with E-state index in [0.717, 1.165) is 52.1 Å². The molecule has 0 aliphatic heterocycles. The molecular formula is C26H52N6O8. The SMILES string of the molecule is CC(=O)N(O)CCCCCNC(=O)CCC(=O)NCCCCCNC(=O)CCC(=O)N(O)CCCCCN.CO. The highest BCUT2D eigenvalue weighted by Gasteiger charge is 2.12. The van der Waals surface area contributed by atoms with Gasteiger partial charge in [-0.05, 0) is 57.9 Å². The number of unbranched alkanes of at least 4 members (excludes halogenated alkanes) is 6. The van der Waals surface area contributed by atoms with Crippen LogP contribution < -0.4 is 21.7 Å². The first-order valence-electron chi connectivity index (χ1n) is 14.1. The van der Waals surface area contributed by atoms with Crippen molar-refractivity contribution in [3.63, 3.8) is 0 Å². The number of aliphatic hydroxyl groups excluding tert-OH is 1. The minimum absolute atomic E-state index is 0.0197. The lowest BCUT2D eigenvalue weighted by atomic mass is 10.2. The predicted octanol–water partition coefficient (Wildman–Crippen LogP) is 0.429. The Kier molecular flexibility index (Phi) is 27.3. The van der Waals surface area contributed by atoms with Gasteiger partial charge in [0.15, 0.2) is 0 Å². The van der Waals surface area contributed by atoms with Crippen LogP contribution in [0.15, 0.2) is 0 Å². The molecule has 0 saturated heterocycles. The second kappa shape index (κ2) is 27.7.